The third-order valence-corrected chi connectivity index (χ3v) is 4.12. The number of rotatable bonds is 3. The molecule has 2 heterocycles. The van der Waals surface area contributed by atoms with Crippen molar-refractivity contribution in [1.82, 2.24) is 20.1 Å². The molecule has 1 fully saturated rings. The summed E-state index contributed by atoms with van der Waals surface area (Å²) in [6.45, 7) is 13.2. The zero-order chi connectivity index (χ0) is 12.6. The van der Waals surface area contributed by atoms with E-state index in [1.165, 1.54) is 5.82 Å². The van der Waals surface area contributed by atoms with Crippen molar-refractivity contribution in [3.05, 3.63) is 11.6 Å². The van der Waals surface area contributed by atoms with E-state index >= 15 is 0 Å². The SMILES string of the molecule is Cc1nnc(C2(C(C)C)CCNC2)n1C(C)C. The molecule has 4 heteroatoms. The van der Waals surface area contributed by atoms with Gasteiger partial charge in [0.25, 0.3) is 0 Å². The lowest BCUT2D eigenvalue weighted by molar-refractivity contribution is 0.298. The monoisotopic (exact) mass is 236 g/mol. The Bertz CT molecular complexity index is 386. The van der Waals surface area contributed by atoms with Crippen LogP contribution in [0.15, 0.2) is 0 Å². The minimum atomic E-state index is 0.158. The second kappa shape index (κ2) is 4.41. The molecule has 1 N–H and O–H groups in total. The van der Waals surface area contributed by atoms with Crippen LogP contribution in [0.2, 0.25) is 0 Å². The molecule has 0 bridgehead atoms. The summed E-state index contributed by atoms with van der Waals surface area (Å²) in [6, 6.07) is 0.427. The average Bonchev–Trinajstić information content (AvgIpc) is 2.83. The molecule has 1 aliphatic rings. The van der Waals surface area contributed by atoms with E-state index < -0.39 is 0 Å². The fourth-order valence-corrected chi connectivity index (χ4v) is 2.98. The lowest BCUT2D eigenvalue weighted by Crippen LogP contribution is -2.38. The number of nitrogens with one attached hydrogen (secondary N) is 1. The molecule has 1 aromatic rings. The molecule has 1 unspecified atom stereocenters. The van der Waals surface area contributed by atoms with E-state index in [0.29, 0.717) is 12.0 Å². The van der Waals surface area contributed by atoms with Crippen molar-refractivity contribution >= 4 is 0 Å². The van der Waals surface area contributed by atoms with Crippen molar-refractivity contribution in [3.63, 3.8) is 0 Å². The highest BCUT2D eigenvalue weighted by Crippen LogP contribution is 2.38. The largest absolute Gasteiger partial charge is 0.316 e. The summed E-state index contributed by atoms with van der Waals surface area (Å²) in [5.74, 6) is 2.78. The molecule has 1 saturated heterocycles. The van der Waals surface area contributed by atoms with Gasteiger partial charge in [0.15, 0.2) is 0 Å². The first-order valence-corrected chi connectivity index (χ1v) is 6.61. The minimum Gasteiger partial charge on any atom is -0.316 e. The molecule has 96 valence electrons. The van der Waals surface area contributed by atoms with Gasteiger partial charge in [-0.2, -0.15) is 0 Å². The molecule has 1 aromatic heterocycles. The maximum absolute atomic E-state index is 4.49. The fourth-order valence-electron chi connectivity index (χ4n) is 2.98. The Morgan fingerprint density at radius 2 is 1.94 bits per heavy atom. The molecule has 17 heavy (non-hydrogen) atoms. The molecular formula is C13H24N4. The van der Waals surface area contributed by atoms with Gasteiger partial charge in [0.2, 0.25) is 0 Å². The summed E-state index contributed by atoms with van der Waals surface area (Å²) in [5.41, 5.74) is 0.158. The second-order valence-electron chi connectivity index (χ2n) is 5.77. The molecule has 0 aliphatic carbocycles. The molecular weight excluding hydrogens is 212 g/mol. The zero-order valence-electron chi connectivity index (χ0n) is 11.6. The van der Waals surface area contributed by atoms with E-state index in [4.69, 9.17) is 0 Å². The smallest absolute Gasteiger partial charge is 0.141 e. The van der Waals surface area contributed by atoms with Crippen LogP contribution in [0.25, 0.3) is 0 Å². The third-order valence-electron chi connectivity index (χ3n) is 4.12. The molecule has 0 aromatic carbocycles. The number of aromatic nitrogens is 3. The van der Waals surface area contributed by atoms with Crippen molar-refractivity contribution < 1.29 is 0 Å². The van der Waals surface area contributed by atoms with Crippen molar-refractivity contribution in [2.45, 2.75) is 52.5 Å². The Kier molecular flexibility index (Phi) is 3.25. The summed E-state index contributed by atoms with van der Waals surface area (Å²) in [4.78, 5) is 0. The maximum atomic E-state index is 4.49. The lowest BCUT2D eigenvalue weighted by Gasteiger charge is -2.33. The van der Waals surface area contributed by atoms with E-state index in [2.05, 4.69) is 47.8 Å². The van der Waals surface area contributed by atoms with Crippen LogP contribution in [0.3, 0.4) is 0 Å². The fraction of sp³-hybridized carbons (Fsp3) is 0.846. The highest BCUT2D eigenvalue weighted by atomic mass is 15.3. The summed E-state index contributed by atoms with van der Waals surface area (Å²) >= 11 is 0. The van der Waals surface area contributed by atoms with Gasteiger partial charge in [0.05, 0.1) is 0 Å². The van der Waals surface area contributed by atoms with Crippen molar-refractivity contribution in [1.29, 1.82) is 0 Å². The summed E-state index contributed by atoms with van der Waals surface area (Å²) in [6.07, 6.45) is 1.16. The van der Waals surface area contributed by atoms with Crippen molar-refractivity contribution in [3.8, 4) is 0 Å². The highest BCUT2D eigenvalue weighted by molar-refractivity contribution is 5.16. The Morgan fingerprint density at radius 1 is 1.24 bits per heavy atom. The van der Waals surface area contributed by atoms with Crippen LogP contribution in [-0.2, 0) is 5.41 Å². The number of aryl methyl sites for hydroxylation is 1. The van der Waals surface area contributed by atoms with Crippen LogP contribution in [-0.4, -0.2) is 27.9 Å². The van der Waals surface area contributed by atoms with E-state index in [1.54, 1.807) is 0 Å². The second-order valence-corrected chi connectivity index (χ2v) is 5.77. The number of hydrogen-bond acceptors (Lipinski definition) is 3. The quantitative estimate of drug-likeness (QED) is 0.873. The summed E-state index contributed by atoms with van der Waals surface area (Å²) in [5, 5.41) is 12.3. The molecule has 0 radical (unpaired) electrons. The predicted molar refractivity (Wildman–Crippen MR) is 69.1 cm³/mol. The van der Waals surface area contributed by atoms with Gasteiger partial charge in [-0.25, -0.2) is 0 Å². The van der Waals surface area contributed by atoms with E-state index in [9.17, 15) is 0 Å². The molecule has 0 spiro atoms. The van der Waals surface area contributed by atoms with E-state index in [0.717, 1.165) is 25.3 Å². The standard InChI is InChI=1S/C13H24N4/c1-9(2)13(6-7-14-8-13)12-16-15-11(5)17(12)10(3)4/h9-10,14H,6-8H2,1-5H3. The molecule has 0 saturated carbocycles. The third kappa shape index (κ3) is 1.88. The van der Waals surface area contributed by atoms with Crippen LogP contribution < -0.4 is 5.32 Å². The van der Waals surface area contributed by atoms with Gasteiger partial charge in [-0.15, -0.1) is 10.2 Å². The van der Waals surface area contributed by atoms with Gasteiger partial charge in [-0.05, 0) is 39.7 Å². The molecule has 1 atom stereocenters. The van der Waals surface area contributed by atoms with Gasteiger partial charge in [-0.1, -0.05) is 13.8 Å². The Morgan fingerprint density at radius 3 is 2.41 bits per heavy atom. The first kappa shape index (κ1) is 12.6. The van der Waals surface area contributed by atoms with Crippen LogP contribution >= 0.6 is 0 Å². The summed E-state index contributed by atoms with van der Waals surface area (Å²) < 4.78 is 2.30. The lowest BCUT2D eigenvalue weighted by atomic mass is 9.75. The van der Waals surface area contributed by atoms with Gasteiger partial charge < -0.3 is 9.88 Å². The van der Waals surface area contributed by atoms with Crippen LogP contribution in [0, 0.1) is 12.8 Å². The normalized spacial score (nSPS) is 25.1. The molecule has 4 nitrogen and oxygen atoms in total. The van der Waals surface area contributed by atoms with Gasteiger partial charge in [0, 0.05) is 18.0 Å². The number of hydrogen-bond donors (Lipinski definition) is 1. The molecule has 2 rings (SSSR count). The van der Waals surface area contributed by atoms with E-state index in [1.807, 2.05) is 6.92 Å². The minimum absolute atomic E-state index is 0.158. The Hall–Kier alpha value is -0.900. The molecule has 1 aliphatic heterocycles. The van der Waals surface area contributed by atoms with Crippen molar-refractivity contribution in [2.75, 3.05) is 13.1 Å². The van der Waals surface area contributed by atoms with E-state index in [-0.39, 0.29) is 5.41 Å². The topological polar surface area (TPSA) is 42.7 Å². The Balaban J connectivity index is 2.51. The van der Waals surface area contributed by atoms with Crippen LogP contribution in [0.5, 0.6) is 0 Å². The highest BCUT2D eigenvalue weighted by Gasteiger charge is 2.43. The first-order valence-electron chi connectivity index (χ1n) is 6.61. The molecule has 0 amide bonds. The van der Waals surface area contributed by atoms with Gasteiger partial charge in [0.1, 0.15) is 11.6 Å². The zero-order valence-corrected chi connectivity index (χ0v) is 11.6. The predicted octanol–water partition coefficient (Wildman–Crippen LogP) is 2.05. The maximum Gasteiger partial charge on any atom is 0.141 e. The van der Waals surface area contributed by atoms with Gasteiger partial charge >= 0.3 is 0 Å². The van der Waals surface area contributed by atoms with Gasteiger partial charge in [-0.3, -0.25) is 0 Å². The Labute approximate surface area is 104 Å². The number of nitrogens with zero attached hydrogens (tertiary/aromatic N) is 3. The van der Waals surface area contributed by atoms with Crippen molar-refractivity contribution in [2.24, 2.45) is 5.92 Å². The first-order chi connectivity index (χ1) is 7.99. The average molecular weight is 236 g/mol. The summed E-state index contributed by atoms with van der Waals surface area (Å²) in [7, 11) is 0. The van der Waals surface area contributed by atoms with Crippen LogP contribution in [0.1, 0.15) is 51.8 Å². The van der Waals surface area contributed by atoms with Crippen LogP contribution in [0.4, 0.5) is 0 Å².